The normalized spacial score (nSPS) is 9.06. The number of hydrogen-bond donors (Lipinski definition) is 3. The van der Waals surface area contributed by atoms with Crippen LogP contribution in [0.3, 0.4) is 0 Å². The molecular formula is C10H20O7. The van der Waals surface area contributed by atoms with Crippen LogP contribution in [0, 0.1) is 0 Å². The summed E-state index contributed by atoms with van der Waals surface area (Å²) >= 11 is 0. The molecule has 102 valence electrons. The van der Waals surface area contributed by atoms with Crippen LogP contribution in [0.15, 0.2) is 12.7 Å². The Labute approximate surface area is 100 Å². The lowest BCUT2D eigenvalue weighted by atomic mass is 10.7. The van der Waals surface area contributed by atoms with Gasteiger partial charge in [-0.15, -0.1) is 6.58 Å². The van der Waals surface area contributed by atoms with Crippen molar-refractivity contribution in [3.05, 3.63) is 12.7 Å². The summed E-state index contributed by atoms with van der Waals surface area (Å²) in [4.78, 5) is 9.73. The number of carboxylic acid groups (broad SMARTS) is 1. The number of hydrogen-bond acceptors (Lipinski definition) is 6. The number of aliphatic hydroxyl groups is 2. The summed E-state index contributed by atoms with van der Waals surface area (Å²) in [6.45, 7) is 4.88. The van der Waals surface area contributed by atoms with Gasteiger partial charge >= 0.3 is 6.16 Å². The zero-order valence-corrected chi connectivity index (χ0v) is 9.71. The highest BCUT2D eigenvalue weighted by Crippen LogP contribution is 1.79. The van der Waals surface area contributed by atoms with Crippen LogP contribution in [0.4, 0.5) is 4.79 Å². The van der Waals surface area contributed by atoms with Crippen LogP contribution in [0.5, 0.6) is 0 Å². The Morgan fingerprint density at radius 3 is 2.06 bits per heavy atom. The predicted molar refractivity (Wildman–Crippen MR) is 60.0 cm³/mol. The van der Waals surface area contributed by atoms with Crippen LogP contribution >= 0.6 is 0 Å². The lowest BCUT2D eigenvalue weighted by Crippen LogP contribution is -2.07. The molecule has 0 radical (unpaired) electrons. The van der Waals surface area contributed by atoms with Crippen molar-refractivity contribution in [3.8, 4) is 0 Å². The van der Waals surface area contributed by atoms with E-state index in [0.717, 1.165) is 0 Å². The fraction of sp³-hybridized carbons (Fsp3) is 0.700. The predicted octanol–water partition coefficient (Wildman–Crippen LogP) is -0.129. The maximum Gasteiger partial charge on any atom is 0.505 e. The van der Waals surface area contributed by atoms with E-state index in [0.29, 0.717) is 19.8 Å². The number of aliphatic hydroxyl groups excluding tert-OH is 2. The van der Waals surface area contributed by atoms with E-state index in [9.17, 15) is 4.79 Å². The van der Waals surface area contributed by atoms with Crippen molar-refractivity contribution in [3.63, 3.8) is 0 Å². The Morgan fingerprint density at radius 2 is 1.65 bits per heavy atom. The first kappa shape index (κ1) is 18.2. The monoisotopic (exact) mass is 252 g/mol. The molecule has 0 aliphatic heterocycles. The summed E-state index contributed by atoms with van der Waals surface area (Å²) < 4.78 is 13.6. The van der Waals surface area contributed by atoms with Crippen molar-refractivity contribution >= 4 is 6.16 Å². The second-order valence-electron chi connectivity index (χ2n) is 2.54. The van der Waals surface area contributed by atoms with E-state index in [2.05, 4.69) is 16.1 Å². The van der Waals surface area contributed by atoms with Crippen LogP contribution < -0.4 is 0 Å². The maximum absolute atomic E-state index is 9.73. The van der Waals surface area contributed by atoms with E-state index in [1.165, 1.54) is 0 Å². The van der Waals surface area contributed by atoms with Gasteiger partial charge < -0.3 is 29.5 Å². The standard InChI is InChI=1S/C6H10O4.C4H10O3/c1-2-3-9-4-5-10-6(7)8;5-1-3-7-4-2-6/h2H,1,3-5H2,(H,7,8);5-6H,1-4H2. The third kappa shape index (κ3) is 25.3. The topological polar surface area (TPSA) is 105 Å². The Bertz CT molecular complexity index is 168. The fourth-order valence-electron chi connectivity index (χ4n) is 0.586. The first-order valence-electron chi connectivity index (χ1n) is 5.02. The Balaban J connectivity index is 0. The van der Waals surface area contributed by atoms with E-state index < -0.39 is 6.16 Å². The summed E-state index contributed by atoms with van der Waals surface area (Å²) in [7, 11) is 0. The van der Waals surface area contributed by atoms with Gasteiger partial charge in [0.15, 0.2) is 0 Å². The zero-order valence-electron chi connectivity index (χ0n) is 9.71. The van der Waals surface area contributed by atoms with Crippen molar-refractivity contribution in [1.29, 1.82) is 0 Å². The second-order valence-corrected chi connectivity index (χ2v) is 2.54. The number of carbonyl (C=O) groups is 1. The molecule has 0 aromatic rings. The van der Waals surface area contributed by atoms with Gasteiger partial charge in [0.05, 0.1) is 39.6 Å². The molecule has 0 amide bonds. The summed E-state index contributed by atoms with van der Waals surface area (Å²) in [5.41, 5.74) is 0. The lowest BCUT2D eigenvalue weighted by Gasteiger charge is -1.99. The SMILES string of the molecule is C=CCOCCOC(=O)O.OCCOCCO. The maximum atomic E-state index is 9.73. The highest BCUT2D eigenvalue weighted by atomic mass is 16.7. The van der Waals surface area contributed by atoms with E-state index >= 15 is 0 Å². The highest BCUT2D eigenvalue weighted by molar-refractivity contribution is 5.56. The summed E-state index contributed by atoms with van der Waals surface area (Å²) in [5, 5.41) is 24.1. The van der Waals surface area contributed by atoms with E-state index in [1.807, 2.05) is 0 Å². The third-order valence-electron chi connectivity index (χ3n) is 1.16. The minimum absolute atomic E-state index is 0.0278. The molecule has 0 spiro atoms. The molecule has 7 nitrogen and oxygen atoms in total. The van der Waals surface area contributed by atoms with Gasteiger partial charge in [-0.2, -0.15) is 0 Å². The van der Waals surface area contributed by atoms with E-state index in [-0.39, 0.29) is 26.4 Å². The molecule has 0 bridgehead atoms. The minimum atomic E-state index is -1.28. The Hall–Kier alpha value is -1.15. The molecule has 17 heavy (non-hydrogen) atoms. The molecule has 0 fully saturated rings. The van der Waals surface area contributed by atoms with Gasteiger partial charge in [-0.3, -0.25) is 0 Å². The highest BCUT2D eigenvalue weighted by Gasteiger charge is 1.93. The Kier molecular flexibility index (Phi) is 18.5. The average molecular weight is 252 g/mol. The van der Waals surface area contributed by atoms with Crippen molar-refractivity contribution in [2.45, 2.75) is 0 Å². The molecule has 0 aromatic carbocycles. The molecule has 0 heterocycles. The molecule has 0 aliphatic carbocycles. The van der Waals surface area contributed by atoms with Gasteiger partial charge in [0, 0.05) is 0 Å². The van der Waals surface area contributed by atoms with Crippen molar-refractivity contribution < 1.29 is 34.3 Å². The quantitative estimate of drug-likeness (QED) is 0.298. The summed E-state index contributed by atoms with van der Waals surface area (Å²) in [6, 6.07) is 0. The van der Waals surface area contributed by atoms with Gasteiger partial charge in [0.1, 0.15) is 6.61 Å². The van der Waals surface area contributed by atoms with Crippen molar-refractivity contribution in [2.75, 3.05) is 46.2 Å². The number of rotatable bonds is 9. The first-order chi connectivity index (χ1) is 8.18. The molecule has 0 unspecified atom stereocenters. The van der Waals surface area contributed by atoms with Crippen LogP contribution in [0.25, 0.3) is 0 Å². The van der Waals surface area contributed by atoms with Crippen molar-refractivity contribution in [2.24, 2.45) is 0 Å². The summed E-state index contributed by atoms with van der Waals surface area (Å²) in [5.74, 6) is 0. The second kappa shape index (κ2) is 17.3. The number of ether oxygens (including phenoxy) is 3. The third-order valence-corrected chi connectivity index (χ3v) is 1.16. The summed E-state index contributed by atoms with van der Waals surface area (Å²) in [6.07, 6.45) is 0.308. The molecule has 0 atom stereocenters. The smallest absolute Gasteiger partial charge is 0.450 e. The average Bonchev–Trinajstić information content (AvgIpc) is 2.30. The first-order valence-corrected chi connectivity index (χ1v) is 5.02. The fourth-order valence-corrected chi connectivity index (χ4v) is 0.586. The molecule has 0 rings (SSSR count). The van der Waals surface area contributed by atoms with Crippen LogP contribution in [-0.2, 0) is 14.2 Å². The molecule has 0 saturated heterocycles. The molecule has 0 aliphatic rings. The van der Waals surface area contributed by atoms with Crippen molar-refractivity contribution in [1.82, 2.24) is 0 Å². The van der Waals surface area contributed by atoms with Gasteiger partial charge in [-0.05, 0) is 0 Å². The van der Waals surface area contributed by atoms with Gasteiger partial charge in [-0.1, -0.05) is 6.08 Å². The van der Waals surface area contributed by atoms with E-state index in [1.54, 1.807) is 6.08 Å². The van der Waals surface area contributed by atoms with E-state index in [4.69, 9.17) is 20.1 Å². The minimum Gasteiger partial charge on any atom is -0.450 e. The molecule has 7 heteroatoms. The molecule has 0 aromatic heterocycles. The van der Waals surface area contributed by atoms with Gasteiger partial charge in [-0.25, -0.2) is 4.79 Å². The van der Waals surface area contributed by atoms with Gasteiger partial charge in [0.25, 0.3) is 0 Å². The molecule has 0 saturated carbocycles. The Morgan fingerprint density at radius 1 is 1.06 bits per heavy atom. The zero-order chi connectivity index (χ0) is 13.4. The van der Waals surface area contributed by atoms with Crippen LogP contribution in [0.2, 0.25) is 0 Å². The largest absolute Gasteiger partial charge is 0.505 e. The van der Waals surface area contributed by atoms with Crippen LogP contribution in [0.1, 0.15) is 0 Å². The lowest BCUT2D eigenvalue weighted by molar-refractivity contribution is 0.0554. The molecule has 3 N–H and O–H groups in total. The van der Waals surface area contributed by atoms with Gasteiger partial charge in [0.2, 0.25) is 0 Å². The molecular weight excluding hydrogens is 232 g/mol. The van der Waals surface area contributed by atoms with Crippen LogP contribution in [-0.4, -0.2) is 67.7 Å².